The first kappa shape index (κ1) is 29.1. The summed E-state index contributed by atoms with van der Waals surface area (Å²) in [7, 11) is 0. The quantitative estimate of drug-likeness (QED) is 0.201. The molecule has 0 bridgehead atoms. The van der Waals surface area contributed by atoms with Gasteiger partial charge in [0.15, 0.2) is 12.2 Å². The molecule has 1 aromatic rings. The minimum Gasteiger partial charge on any atom is -0.463 e. The zero-order chi connectivity index (χ0) is 25.6. The first-order chi connectivity index (χ1) is 16.8. The van der Waals surface area contributed by atoms with Crippen molar-refractivity contribution in [2.24, 2.45) is 0 Å². The average Bonchev–Trinajstić information content (AvgIpc) is 2.80. The molecule has 0 aliphatic carbocycles. The van der Waals surface area contributed by atoms with Gasteiger partial charge < -0.3 is 23.7 Å². The number of thioether (sulfide) groups is 1. The summed E-state index contributed by atoms with van der Waals surface area (Å²) in [6.45, 7) is 6.38. The number of hydrogen-bond donors (Lipinski definition) is 0. The maximum Gasteiger partial charge on any atom is 0.303 e. The van der Waals surface area contributed by atoms with Crippen LogP contribution in [0.4, 0.5) is 0 Å². The molecule has 0 saturated carbocycles. The molecule has 0 N–H and O–H groups in total. The van der Waals surface area contributed by atoms with E-state index in [0.29, 0.717) is 6.61 Å². The highest BCUT2D eigenvalue weighted by Gasteiger charge is 2.51. The van der Waals surface area contributed by atoms with Crippen molar-refractivity contribution in [1.29, 1.82) is 0 Å². The Kier molecular flexibility index (Phi) is 13.2. The van der Waals surface area contributed by atoms with Crippen molar-refractivity contribution in [3.63, 3.8) is 0 Å². The standard InChI is InChI=1S/C26H38O8S/c1-5-6-7-8-9-13-16-30-24-23(32-19(3)28)22(17-31-18(2)27)34-26(25(24)33-20(4)29)35-21-14-11-10-12-15-21/h10-12,14-15,22-26H,5-9,13,16-17H2,1-4H3/t22-,23-,24+,25-,26+/m1/s1. The summed E-state index contributed by atoms with van der Waals surface area (Å²) in [6.07, 6.45) is 3.20. The van der Waals surface area contributed by atoms with Crippen molar-refractivity contribution in [3.8, 4) is 0 Å². The molecule has 0 spiro atoms. The van der Waals surface area contributed by atoms with Crippen molar-refractivity contribution >= 4 is 29.7 Å². The van der Waals surface area contributed by atoms with Crippen LogP contribution in [-0.4, -0.2) is 61.0 Å². The minimum absolute atomic E-state index is 0.122. The molecular formula is C26H38O8S. The van der Waals surface area contributed by atoms with E-state index >= 15 is 0 Å². The van der Waals surface area contributed by atoms with Crippen LogP contribution in [0.5, 0.6) is 0 Å². The second-order valence-electron chi connectivity index (χ2n) is 8.53. The Morgan fingerprint density at radius 2 is 1.46 bits per heavy atom. The van der Waals surface area contributed by atoms with Crippen molar-refractivity contribution < 1.29 is 38.1 Å². The van der Waals surface area contributed by atoms with E-state index in [4.69, 9.17) is 23.7 Å². The third-order valence-corrected chi connectivity index (χ3v) is 6.61. The molecule has 0 aromatic heterocycles. The topological polar surface area (TPSA) is 97.4 Å². The Morgan fingerprint density at radius 3 is 2.09 bits per heavy atom. The van der Waals surface area contributed by atoms with E-state index in [2.05, 4.69) is 6.92 Å². The van der Waals surface area contributed by atoms with Gasteiger partial charge in [-0.3, -0.25) is 14.4 Å². The molecule has 1 aliphatic heterocycles. The van der Waals surface area contributed by atoms with Gasteiger partial charge in [-0.2, -0.15) is 0 Å². The lowest BCUT2D eigenvalue weighted by Crippen LogP contribution is -2.61. The van der Waals surface area contributed by atoms with Gasteiger partial charge in [0.2, 0.25) is 0 Å². The number of benzene rings is 1. The molecule has 1 aliphatic rings. The average molecular weight is 511 g/mol. The first-order valence-corrected chi connectivity index (χ1v) is 13.2. The van der Waals surface area contributed by atoms with E-state index in [1.807, 2.05) is 30.3 Å². The van der Waals surface area contributed by atoms with Crippen LogP contribution in [0.1, 0.15) is 66.2 Å². The predicted octanol–water partition coefficient (Wildman–Crippen LogP) is 4.68. The summed E-state index contributed by atoms with van der Waals surface area (Å²) >= 11 is 1.37. The first-order valence-electron chi connectivity index (χ1n) is 12.3. The number of carbonyl (C=O) groups excluding carboxylic acids is 3. The summed E-state index contributed by atoms with van der Waals surface area (Å²) in [5.74, 6) is -1.50. The monoisotopic (exact) mass is 510 g/mol. The molecule has 196 valence electrons. The Bertz CT molecular complexity index is 787. The van der Waals surface area contributed by atoms with Gasteiger partial charge in [-0.25, -0.2) is 0 Å². The summed E-state index contributed by atoms with van der Waals surface area (Å²) in [4.78, 5) is 36.4. The lowest BCUT2D eigenvalue weighted by Gasteiger charge is -2.44. The number of ether oxygens (including phenoxy) is 5. The van der Waals surface area contributed by atoms with Crippen molar-refractivity contribution in [2.75, 3.05) is 13.2 Å². The summed E-state index contributed by atoms with van der Waals surface area (Å²) in [5, 5.41) is 0. The smallest absolute Gasteiger partial charge is 0.303 e. The van der Waals surface area contributed by atoms with Crippen LogP contribution in [0.15, 0.2) is 35.2 Å². The zero-order valence-electron chi connectivity index (χ0n) is 21.1. The molecule has 9 heteroatoms. The van der Waals surface area contributed by atoms with Crippen molar-refractivity contribution in [3.05, 3.63) is 30.3 Å². The van der Waals surface area contributed by atoms with E-state index in [1.54, 1.807) is 0 Å². The van der Waals surface area contributed by atoms with E-state index in [9.17, 15) is 14.4 Å². The third kappa shape index (κ3) is 10.6. The number of rotatable bonds is 14. The van der Waals surface area contributed by atoms with Gasteiger partial charge in [-0.15, -0.1) is 0 Å². The van der Waals surface area contributed by atoms with E-state index in [1.165, 1.54) is 51.8 Å². The fourth-order valence-electron chi connectivity index (χ4n) is 3.88. The SMILES string of the molecule is CCCCCCCCO[C@@H]1[C@@H](OC(C)=O)[C@H](Sc2ccccc2)O[C@H](COC(C)=O)[C@H]1OC(C)=O. The highest BCUT2D eigenvalue weighted by atomic mass is 32.2. The summed E-state index contributed by atoms with van der Waals surface area (Å²) in [6, 6.07) is 9.55. The molecule has 1 fully saturated rings. The molecule has 5 atom stereocenters. The molecule has 1 heterocycles. The second kappa shape index (κ2) is 15.8. The number of hydrogen-bond acceptors (Lipinski definition) is 9. The highest BCUT2D eigenvalue weighted by molar-refractivity contribution is 7.99. The van der Waals surface area contributed by atoms with Gasteiger partial charge in [-0.05, 0) is 18.6 Å². The van der Waals surface area contributed by atoms with E-state index in [-0.39, 0.29) is 6.61 Å². The lowest BCUT2D eigenvalue weighted by atomic mass is 9.99. The van der Waals surface area contributed by atoms with Crippen molar-refractivity contribution in [2.45, 2.75) is 101 Å². The highest BCUT2D eigenvalue weighted by Crippen LogP contribution is 2.37. The zero-order valence-corrected chi connectivity index (χ0v) is 21.9. The van der Waals surface area contributed by atoms with Crippen LogP contribution in [0.3, 0.4) is 0 Å². The van der Waals surface area contributed by atoms with Gasteiger partial charge in [0, 0.05) is 32.3 Å². The normalized spacial score (nSPS) is 23.9. The largest absolute Gasteiger partial charge is 0.463 e. The van der Waals surface area contributed by atoms with Crippen LogP contribution < -0.4 is 0 Å². The molecule has 0 unspecified atom stereocenters. The van der Waals surface area contributed by atoms with E-state index < -0.39 is 47.8 Å². The summed E-state index contributed by atoms with van der Waals surface area (Å²) in [5.41, 5.74) is -0.664. The fraction of sp³-hybridized carbons (Fsp3) is 0.654. The molecule has 35 heavy (non-hydrogen) atoms. The maximum absolute atomic E-state index is 12.0. The number of unbranched alkanes of at least 4 members (excludes halogenated alkanes) is 5. The van der Waals surface area contributed by atoms with Gasteiger partial charge in [0.1, 0.15) is 24.3 Å². The van der Waals surface area contributed by atoms with E-state index in [0.717, 1.165) is 24.2 Å². The molecule has 8 nitrogen and oxygen atoms in total. The van der Waals surface area contributed by atoms with Crippen LogP contribution in [-0.2, 0) is 38.1 Å². The lowest BCUT2D eigenvalue weighted by molar-refractivity contribution is -0.239. The molecule has 0 radical (unpaired) electrons. The second-order valence-corrected chi connectivity index (χ2v) is 9.70. The Hall–Kier alpha value is -2.10. The molecule has 2 rings (SSSR count). The number of carbonyl (C=O) groups is 3. The van der Waals surface area contributed by atoms with Crippen LogP contribution >= 0.6 is 11.8 Å². The van der Waals surface area contributed by atoms with Gasteiger partial charge in [0.25, 0.3) is 0 Å². The Balaban J connectivity index is 2.26. The molecular weight excluding hydrogens is 472 g/mol. The van der Waals surface area contributed by atoms with Gasteiger partial charge in [0.05, 0.1) is 0 Å². The Labute approximate surface area is 212 Å². The maximum atomic E-state index is 12.0. The molecule has 1 saturated heterocycles. The van der Waals surface area contributed by atoms with Crippen LogP contribution in [0.25, 0.3) is 0 Å². The van der Waals surface area contributed by atoms with Gasteiger partial charge in [-0.1, -0.05) is 69.0 Å². The minimum atomic E-state index is -0.913. The molecule has 0 amide bonds. The van der Waals surface area contributed by atoms with Gasteiger partial charge >= 0.3 is 17.9 Å². The fourth-order valence-corrected chi connectivity index (χ4v) is 5.01. The number of esters is 3. The molecule has 1 aromatic carbocycles. The van der Waals surface area contributed by atoms with Crippen LogP contribution in [0.2, 0.25) is 0 Å². The summed E-state index contributed by atoms with van der Waals surface area (Å²) < 4.78 is 28.9. The Morgan fingerprint density at radius 1 is 0.829 bits per heavy atom. The third-order valence-electron chi connectivity index (χ3n) is 5.45. The predicted molar refractivity (Wildman–Crippen MR) is 132 cm³/mol. The van der Waals surface area contributed by atoms with Crippen molar-refractivity contribution in [1.82, 2.24) is 0 Å². The van der Waals surface area contributed by atoms with Crippen LogP contribution in [0, 0.1) is 0 Å².